The molecular weight excluding hydrogens is 202 g/mol. The highest BCUT2D eigenvalue weighted by molar-refractivity contribution is 5.94. The van der Waals surface area contributed by atoms with Gasteiger partial charge in [-0.3, -0.25) is 4.79 Å². The van der Waals surface area contributed by atoms with Crippen molar-refractivity contribution in [3.8, 4) is 0 Å². The third-order valence-corrected chi connectivity index (χ3v) is 3.33. The van der Waals surface area contributed by atoms with Crippen LogP contribution in [0.2, 0.25) is 0 Å². The second-order valence-electron chi connectivity index (χ2n) is 4.41. The van der Waals surface area contributed by atoms with Crippen molar-refractivity contribution in [2.24, 2.45) is 0 Å². The maximum absolute atomic E-state index is 11.8. The van der Waals surface area contributed by atoms with Crippen LogP contribution in [0.15, 0.2) is 18.5 Å². The van der Waals surface area contributed by atoms with Gasteiger partial charge < -0.3 is 15.6 Å². The number of hydrogen-bond donors (Lipinski definition) is 3. The monoisotopic (exact) mass is 221 g/mol. The molecule has 2 rings (SSSR count). The number of carbonyl (C=O) groups excluding carboxylic acids is 1. The van der Waals surface area contributed by atoms with Gasteiger partial charge in [0.2, 0.25) is 0 Å². The summed E-state index contributed by atoms with van der Waals surface area (Å²) in [4.78, 5) is 14.7. The molecule has 1 aromatic rings. The Morgan fingerprint density at radius 1 is 1.31 bits per heavy atom. The van der Waals surface area contributed by atoms with Crippen LogP contribution in [0.5, 0.6) is 0 Å². The number of nitrogens with one attached hydrogen (secondary N) is 3. The van der Waals surface area contributed by atoms with E-state index < -0.39 is 0 Å². The molecule has 1 fully saturated rings. The fraction of sp³-hybridized carbons (Fsp3) is 0.583. The van der Waals surface area contributed by atoms with Gasteiger partial charge in [-0.2, -0.15) is 0 Å². The summed E-state index contributed by atoms with van der Waals surface area (Å²) in [5.41, 5.74) is 0.718. The lowest BCUT2D eigenvalue weighted by molar-refractivity contribution is 0.0925. The van der Waals surface area contributed by atoms with Crippen molar-refractivity contribution >= 4 is 5.91 Å². The Morgan fingerprint density at radius 3 is 2.56 bits per heavy atom. The maximum atomic E-state index is 11.8. The van der Waals surface area contributed by atoms with E-state index in [4.69, 9.17) is 0 Å². The predicted molar refractivity (Wildman–Crippen MR) is 63.4 cm³/mol. The number of H-pyrrole nitrogens is 1. The summed E-state index contributed by atoms with van der Waals surface area (Å²) in [5.74, 6) is 0.0363. The molecule has 1 amide bonds. The van der Waals surface area contributed by atoms with Gasteiger partial charge in [-0.15, -0.1) is 0 Å². The largest absolute Gasteiger partial charge is 0.367 e. The van der Waals surface area contributed by atoms with Gasteiger partial charge >= 0.3 is 0 Å². The van der Waals surface area contributed by atoms with E-state index in [1.54, 1.807) is 18.5 Å². The second-order valence-corrected chi connectivity index (χ2v) is 4.41. The highest BCUT2D eigenvalue weighted by Gasteiger charge is 2.21. The minimum absolute atomic E-state index is 0.0363. The quantitative estimate of drug-likeness (QED) is 0.720. The van der Waals surface area contributed by atoms with Crippen molar-refractivity contribution in [2.45, 2.75) is 37.8 Å². The van der Waals surface area contributed by atoms with Crippen molar-refractivity contribution < 1.29 is 4.79 Å². The molecule has 4 nitrogen and oxygen atoms in total. The van der Waals surface area contributed by atoms with Crippen LogP contribution < -0.4 is 10.6 Å². The van der Waals surface area contributed by atoms with Crippen molar-refractivity contribution in [3.63, 3.8) is 0 Å². The normalized spacial score (nSPS) is 25.3. The molecule has 0 atom stereocenters. The van der Waals surface area contributed by atoms with E-state index in [9.17, 15) is 4.79 Å². The summed E-state index contributed by atoms with van der Waals surface area (Å²) in [6, 6.07) is 2.77. The standard InChI is InChI=1S/C12H19N3O/c1-13-10-2-4-11(5-3-10)15-12(16)9-6-7-14-8-9/h6-8,10-11,13-14H,2-5H2,1H3,(H,15,16). The van der Waals surface area contributed by atoms with E-state index in [1.807, 2.05) is 7.05 Å². The first-order valence-electron chi connectivity index (χ1n) is 5.90. The second kappa shape index (κ2) is 5.16. The highest BCUT2D eigenvalue weighted by Crippen LogP contribution is 2.18. The fourth-order valence-electron chi connectivity index (χ4n) is 2.26. The van der Waals surface area contributed by atoms with Crippen molar-refractivity contribution in [1.82, 2.24) is 15.6 Å². The van der Waals surface area contributed by atoms with E-state index in [-0.39, 0.29) is 5.91 Å². The van der Waals surface area contributed by atoms with E-state index in [2.05, 4.69) is 15.6 Å². The molecule has 0 bridgehead atoms. The van der Waals surface area contributed by atoms with Crippen molar-refractivity contribution in [2.75, 3.05) is 7.05 Å². The third kappa shape index (κ3) is 2.64. The molecule has 1 aromatic heterocycles. The average Bonchev–Trinajstić information content (AvgIpc) is 2.83. The van der Waals surface area contributed by atoms with Crippen LogP contribution >= 0.6 is 0 Å². The molecule has 88 valence electrons. The Hall–Kier alpha value is -1.29. The van der Waals surface area contributed by atoms with E-state index in [1.165, 1.54) is 0 Å². The summed E-state index contributed by atoms with van der Waals surface area (Å²) < 4.78 is 0. The van der Waals surface area contributed by atoms with Gasteiger partial charge in [0.05, 0.1) is 5.56 Å². The molecule has 16 heavy (non-hydrogen) atoms. The minimum Gasteiger partial charge on any atom is -0.367 e. The molecule has 0 unspecified atom stereocenters. The SMILES string of the molecule is CNC1CCC(NC(=O)c2cc[nH]c2)CC1. The molecule has 0 radical (unpaired) electrons. The smallest absolute Gasteiger partial charge is 0.253 e. The van der Waals surface area contributed by atoms with E-state index in [0.717, 1.165) is 31.2 Å². The van der Waals surface area contributed by atoms with Crippen molar-refractivity contribution in [3.05, 3.63) is 24.0 Å². The van der Waals surface area contributed by atoms with Crippen LogP contribution in [0.25, 0.3) is 0 Å². The molecule has 0 spiro atoms. The van der Waals surface area contributed by atoms with E-state index >= 15 is 0 Å². The Labute approximate surface area is 95.8 Å². The molecule has 0 aromatic carbocycles. The van der Waals surface area contributed by atoms with E-state index in [0.29, 0.717) is 12.1 Å². The van der Waals surface area contributed by atoms with Crippen molar-refractivity contribution in [1.29, 1.82) is 0 Å². The van der Waals surface area contributed by atoms with Gasteiger partial charge in [0.15, 0.2) is 0 Å². The Bertz CT molecular complexity index is 326. The zero-order valence-corrected chi connectivity index (χ0v) is 9.62. The number of rotatable bonds is 3. The van der Waals surface area contributed by atoms with Crippen LogP contribution in [-0.4, -0.2) is 30.0 Å². The first-order valence-corrected chi connectivity index (χ1v) is 5.90. The average molecular weight is 221 g/mol. The first-order chi connectivity index (χ1) is 7.79. The molecular formula is C12H19N3O. The molecule has 1 saturated carbocycles. The summed E-state index contributed by atoms with van der Waals surface area (Å²) in [6.07, 6.45) is 7.94. The molecule has 0 saturated heterocycles. The number of hydrogen-bond acceptors (Lipinski definition) is 2. The molecule has 1 heterocycles. The lowest BCUT2D eigenvalue weighted by Crippen LogP contribution is -2.41. The lowest BCUT2D eigenvalue weighted by Gasteiger charge is -2.28. The van der Waals surface area contributed by atoms with Gasteiger partial charge in [-0.05, 0) is 38.8 Å². The number of aromatic nitrogens is 1. The van der Waals surface area contributed by atoms with Gasteiger partial charge in [-0.25, -0.2) is 0 Å². The third-order valence-electron chi connectivity index (χ3n) is 3.33. The zero-order valence-electron chi connectivity index (χ0n) is 9.62. The molecule has 0 aliphatic heterocycles. The first kappa shape index (κ1) is 11.2. The van der Waals surface area contributed by atoms with Crippen LogP contribution in [0.1, 0.15) is 36.0 Å². The lowest BCUT2D eigenvalue weighted by atomic mass is 9.91. The van der Waals surface area contributed by atoms with Gasteiger partial charge in [0.25, 0.3) is 5.91 Å². The number of amides is 1. The molecule has 1 aliphatic carbocycles. The zero-order chi connectivity index (χ0) is 11.4. The molecule has 3 N–H and O–H groups in total. The highest BCUT2D eigenvalue weighted by atomic mass is 16.1. The molecule has 1 aliphatic rings. The topological polar surface area (TPSA) is 56.9 Å². The summed E-state index contributed by atoms with van der Waals surface area (Å²) in [5, 5.41) is 6.37. The van der Waals surface area contributed by atoms with Gasteiger partial charge in [0.1, 0.15) is 0 Å². The minimum atomic E-state index is 0.0363. The molecule has 4 heteroatoms. The Morgan fingerprint density at radius 2 is 2.00 bits per heavy atom. The Kier molecular flexibility index (Phi) is 3.62. The summed E-state index contributed by atoms with van der Waals surface area (Å²) in [7, 11) is 2.00. The van der Waals surface area contributed by atoms with Crippen LogP contribution in [0.3, 0.4) is 0 Å². The number of aromatic amines is 1. The van der Waals surface area contributed by atoms with Gasteiger partial charge in [0, 0.05) is 24.5 Å². The Balaban J connectivity index is 1.81. The van der Waals surface area contributed by atoms with Gasteiger partial charge in [-0.1, -0.05) is 0 Å². The number of carbonyl (C=O) groups is 1. The van der Waals surface area contributed by atoms with Crippen LogP contribution in [0.4, 0.5) is 0 Å². The predicted octanol–water partition coefficient (Wildman–Crippen LogP) is 1.28. The van der Waals surface area contributed by atoms with Crippen LogP contribution in [0, 0.1) is 0 Å². The summed E-state index contributed by atoms with van der Waals surface area (Å²) >= 11 is 0. The van der Waals surface area contributed by atoms with Crippen LogP contribution in [-0.2, 0) is 0 Å². The maximum Gasteiger partial charge on any atom is 0.253 e. The fourth-order valence-corrected chi connectivity index (χ4v) is 2.26. The summed E-state index contributed by atoms with van der Waals surface area (Å²) in [6.45, 7) is 0.